The molecule has 0 saturated carbocycles. The first-order valence-corrected chi connectivity index (χ1v) is 5.37. The molecule has 1 aromatic carbocycles. The summed E-state index contributed by atoms with van der Waals surface area (Å²) in [6.45, 7) is 0. The Bertz CT molecular complexity index is 489. The average Bonchev–Trinajstić information content (AvgIpc) is 2.70. The number of nitrogens with zero attached hydrogens (tertiary/aromatic N) is 2. The van der Waals surface area contributed by atoms with Gasteiger partial charge in [-0.05, 0) is 34.1 Å². The lowest BCUT2D eigenvalue weighted by molar-refractivity contribution is 0.424. The third-order valence-electron chi connectivity index (χ3n) is 1.75. The minimum absolute atomic E-state index is 0.169. The normalized spacial score (nSPS) is 10.6. The molecule has 3 nitrogen and oxygen atoms in total. The Labute approximate surface area is 98.4 Å². The Hall–Kier alpha value is -0.940. The van der Waals surface area contributed by atoms with E-state index in [4.69, 9.17) is 16.1 Å². The van der Waals surface area contributed by atoms with Crippen molar-refractivity contribution >= 4 is 27.5 Å². The molecule has 1 heterocycles. The number of alkyl halides is 1. The maximum Gasteiger partial charge on any atom is 0.258 e. The van der Waals surface area contributed by atoms with Crippen LogP contribution in [0.15, 0.2) is 27.2 Å². The Kier molecular flexibility index (Phi) is 3.02. The molecular weight excluding hydrogens is 286 g/mol. The monoisotopic (exact) mass is 290 g/mol. The lowest BCUT2D eigenvalue weighted by Crippen LogP contribution is -1.83. The second kappa shape index (κ2) is 4.28. The number of halogens is 3. The van der Waals surface area contributed by atoms with Crippen molar-refractivity contribution in [2.75, 3.05) is 0 Å². The van der Waals surface area contributed by atoms with Gasteiger partial charge < -0.3 is 4.52 Å². The van der Waals surface area contributed by atoms with Gasteiger partial charge in [-0.2, -0.15) is 4.98 Å². The maximum absolute atomic E-state index is 13.2. The first kappa shape index (κ1) is 10.6. The molecule has 0 unspecified atom stereocenters. The van der Waals surface area contributed by atoms with Crippen LogP contribution in [-0.2, 0) is 5.88 Å². The van der Waals surface area contributed by atoms with Crippen LogP contribution in [-0.4, -0.2) is 10.1 Å². The molecule has 0 aliphatic heterocycles. The molecule has 0 radical (unpaired) electrons. The number of hydrogen-bond acceptors (Lipinski definition) is 3. The molecule has 1 aromatic heterocycles. The van der Waals surface area contributed by atoms with Crippen LogP contribution in [0.5, 0.6) is 0 Å². The summed E-state index contributed by atoms with van der Waals surface area (Å²) in [6.07, 6.45) is 0. The Balaban J connectivity index is 2.40. The van der Waals surface area contributed by atoms with E-state index in [1.165, 1.54) is 6.07 Å². The van der Waals surface area contributed by atoms with Gasteiger partial charge in [-0.1, -0.05) is 5.16 Å². The average molecular weight is 292 g/mol. The van der Waals surface area contributed by atoms with Crippen molar-refractivity contribution in [3.8, 4) is 11.5 Å². The van der Waals surface area contributed by atoms with Crippen LogP contribution in [0.1, 0.15) is 5.82 Å². The minimum Gasteiger partial charge on any atom is -0.334 e. The summed E-state index contributed by atoms with van der Waals surface area (Å²) < 4.78 is 18.5. The summed E-state index contributed by atoms with van der Waals surface area (Å²) in [5, 5.41) is 3.61. The van der Waals surface area contributed by atoms with E-state index in [2.05, 4.69) is 26.1 Å². The molecule has 0 amide bonds. The predicted molar refractivity (Wildman–Crippen MR) is 56.9 cm³/mol. The van der Waals surface area contributed by atoms with E-state index in [-0.39, 0.29) is 17.6 Å². The highest BCUT2D eigenvalue weighted by molar-refractivity contribution is 9.10. The number of rotatable bonds is 2. The van der Waals surface area contributed by atoms with Crippen LogP contribution in [0.25, 0.3) is 11.5 Å². The lowest BCUT2D eigenvalue weighted by Gasteiger charge is -1.96. The van der Waals surface area contributed by atoms with Gasteiger partial charge in [-0.15, -0.1) is 11.6 Å². The predicted octanol–water partition coefficient (Wildman–Crippen LogP) is 3.38. The summed E-state index contributed by atoms with van der Waals surface area (Å²) in [4.78, 5) is 3.98. The minimum atomic E-state index is -0.377. The van der Waals surface area contributed by atoms with E-state index in [9.17, 15) is 4.39 Å². The molecule has 0 bridgehead atoms. The summed E-state index contributed by atoms with van der Waals surface area (Å²) in [5.41, 5.74) is 0.527. The van der Waals surface area contributed by atoms with E-state index in [1.807, 2.05) is 0 Å². The summed E-state index contributed by atoms with van der Waals surface area (Å²) in [7, 11) is 0. The van der Waals surface area contributed by atoms with Gasteiger partial charge in [-0.25, -0.2) is 4.39 Å². The van der Waals surface area contributed by atoms with Crippen LogP contribution in [0, 0.1) is 5.82 Å². The molecular formula is C9H5BrClFN2O. The van der Waals surface area contributed by atoms with E-state index in [1.54, 1.807) is 12.1 Å². The second-order valence-electron chi connectivity index (χ2n) is 2.78. The standard InChI is InChI=1S/C9H5BrClFN2O/c10-6-2-1-5(3-7(6)12)9-13-8(4-11)14-15-9/h1-3H,4H2. The SMILES string of the molecule is Fc1cc(-c2nc(CCl)no2)ccc1Br. The van der Waals surface area contributed by atoms with Crippen LogP contribution in [0.4, 0.5) is 4.39 Å². The highest BCUT2D eigenvalue weighted by Gasteiger charge is 2.09. The van der Waals surface area contributed by atoms with Crippen molar-refractivity contribution in [1.29, 1.82) is 0 Å². The van der Waals surface area contributed by atoms with E-state index < -0.39 is 0 Å². The van der Waals surface area contributed by atoms with Crippen molar-refractivity contribution in [2.24, 2.45) is 0 Å². The molecule has 2 aromatic rings. The third kappa shape index (κ3) is 2.18. The molecule has 0 atom stereocenters. The highest BCUT2D eigenvalue weighted by Crippen LogP contribution is 2.23. The van der Waals surface area contributed by atoms with Crippen molar-refractivity contribution in [3.05, 3.63) is 34.3 Å². The molecule has 0 saturated heterocycles. The lowest BCUT2D eigenvalue weighted by atomic mass is 10.2. The van der Waals surface area contributed by atoms with Crippen LogP contribution < -0.4 is 0 Å². The van der Waals surface area contributed by atoms with Gasteiger partial charge in [0.15, 0.2) is 5.82 Å². The van der Waals surface area contributed by atoms with E-state index in [0.717, 1.165) is 0 Å². The van der Waals surface area contributed by atoms with Gasteiger partial charge in [0, 0.05) is 5.56 Å². The smallest absolute Gasteiger partial charge is 0.258 e. The topological polar surface area (TPSA) is 38.9 Å². The van der Waals surface area contributed by atoms with Gasteiger partial charge in [0.05, 0.1) is 10.4 Å². The molecule has 6 heteroatoms. The van der Waals surface area contributed by atoms with E-state index in [0.29, 0.717) is 15.9 Å². The fourth-order valence-corrected chi connectivity index (χ4v) is 1.41. The number of aromatic nitrogens is 2. The van der Waals surface area contributed by atoms with Crippen molar-refractivity contribution in [3.63, 3.8) is 0 Å². The summed E-state index contributed by atoms with van der Waals surface area (Å²) >= 11 is 8.58. The molecule has 0 aliphatic carbocycles. The Morgan fingerprint density at radius 1 is 1.47 bits per heavy atom. The van der Waals surface area contributed by atoms with Gasteiger partial charge in [0.1, 0.15) is 5.82 Å². The first-order valence-electron chi connectivity index (χ1n) is 4.04. The fraction of sp³-hybridized carbons (Fsp3) is 0.111. The third-order valence-corrected chi connectivity index (χ3v) is 2.64. The fourth-order valence-electron chi connectivity index (χ4n) is 1.05. The van der Waals surface area contributed by atoms with Crippen LogP contribution >= 0.6 is 27.5 Å². The largest absolute Gasteiger partial charge is 0.334 e. The van der Waals surface area contributed by atoms with Crippen molar-refractivity contribution in [1.82, 2.24) is 10.1 Å². The maximum atomic E-state index is 13.2. The molecule has 0 aliphatic rings. The number of hydrogen-bond donors (Lipinski definition) is 0. The summed E-state index contributed by atoms with van der Waals surface area (Å²) in [6, 6.07) is 4.57. The molecule has 78 valence electrons. The van der Waals surface area contributed by atoms with Crippen LogP contribution in [0.3, 0.4) is 0 Å². The zero-order chi connectivity index (χ0) is 10.8. The second-order valence-corrected chi connectivity index (χ2v) is 3.90. The first-order chi connectivity index (χ1) is 7.20. The molecule has 2 rings (SSSR count). The molecule has 15 heavy (non-hydrogen) atoms. The van der Waals surface area contributed by atoms with Gasteiger partial charge in [0.25, 0.3) is 5.89 Å². The van der Waals surface area contributed by atoms with Gasteiger partial charge in [-0.3, -0.25) is 0 Å². The zero-order valence-electron chi connectivity index (χ0n) is 7.38. The highest BCUT2D eigenvalue weighted by atomic mass is 79.9. The Morgan fingerprint density at radius 2 is 2.27 bits per heavy atom. The molecule has 0 N–H and O–H groups in total. The number of benzene rings is 1. The molecule has 0 spiro atoms. The van der Waals surface area contributed by atoms with Gasteiger partial charge >= 0.3 is 0 Å². The quantitative estimate of drug-likeness (QED) is 0.796. The zero-order valence-corrected chi connectivity index (χ0v) is 9.72. The van der Waals surface area contributed by atoms with Crippen LogP contribution in [0.2, 0.25) is 0 Å². The van der Waals surface area contributed by atoms with E-state index >= 15 is 0 Å². The summed E-state index contributed by atoms with van der Waals surface area (Å²) in [5.74, 6) is 0.438. The Morgan fingerprint density at radius 3 is 2.87 bits per heavy atom. The van der Waals surface area contributed by atoms with Gasteiger partial charge in [0.2, 0.25) is 0 Å². The van der Waals surface area contributed by atoms with Crippen molar-refractivity contribution in [2.45, 2.75) is 5.88 Å². The van der Waals surface area contributed by atoms with Crippen molar-refractivity contribution < 1.29 is 8.91 Å². The molecule has 0 fully saturated rings.